The topological polar surface area (TPSA) is 108 Å². The van der Waals surface area contributed by atoms with Gasteiger partial charge in [-0.1, -0.05) is 25.5 Å². The molecule has 8 nitrogen and oxygen atoms in total. The van der Waals surface area contributed by atoms with Crippen LogP contribution in [0.5, 0.6) is 5.75 Å². The van der Waals surface area contributed by atoms with Gasteiger partial charge in [-0.05, 0) is 42.3 Å². The normalized spacial score (nSPS) is 10.9. The molecule has 0 atom stereocenters. The van der Waals surface area contributed by atoms with E-state index in [0.717, 1.165) is 12.8 Å². The second kappa shape index (κ2) is 10.6. The van der Waals surface area contributed by atoms with Crippen molar-refractivity contribution in [2.75, 3.05) is 13.7 Å². The summed E-state index contributed by atoms with van der Waals surface area (Å²) in [5, 5.41) is 13.4. The third kappa shape index (κ3) is 6.46. The van der Waals surface area contributed by atoms with E-state index in [1.807, 2.05) is 0 Å². The van der Waals surface area contributed by atoms with E-state index in [-0.39, 0.29) is 11.4 Å². The minimum absolute atomic E-state index is 0.132. The van der Waals surface area contributed by atoms with Crippen LogP contribution in [0.4, 0.5) is 5.69 Å². The minimum atomic E-state index is -0.774. The molecule has 0 unspecified atom stereocenters. The maximum atomic E-state index is 12.5. The largest absolute Gasteiger partial charge is 0.494 e. The monoisotopic (exact) mass is 398 g/mol. The molecule has 0 fully saturated rings. The number of nitro groups is 1. The zero-order valence-corrected chi connectivity index (χ0v) is 16.2. The molecule has 152 valence electrons. The molecule has 0 aliphatic rings. The third-order valence-electron chi connectivity index (χ3n) is 3.93. The Bertz CT molecular complexity index is 906. The van der Waals surface area contributed by atoms with E-state index in [2.05, 4.69) is 12.2 Å². The summed E-state index contributed by atoms with van der Waals surface area (Å²) in [6, 6.07) is 12.2. The maximum Gasteiger partial charge on any atom is 0.354 e. The fraction of sp³-hybridized carbons (Fsp3) is 0.238. The van der Waals surface area contributed by atoms with Crippen molar-refractivity contribution in [3.05, 3.63) is 75.5 Å². The molecule has 1 N–H and O–H groups in total. The Hall–Kier alpha value is -3.68. The zero-order chi connectivity index (χ0) is 21.2. The molecule has 0 saturated carbocycles. The second-order valence-corrected chi connectivity index (χ2v) is 6.08. The summed E-state index contributed by atoms with van der Waals surface area (Å²) in [5.41, 5.74) is 0.426. The van der Waals surface area contributed by atoms with E-state index in [9.17, 15) is 19.7 Å². The first kappa shape index (κ1) is 21.6. The number of hydrogen-bond acceptors (Lipinski definition) is 6. The number of carbonyl (C=O) groups is 2. The summed E-state index contributed by atoms with van der Waals surface area (Å²) in [6.45, 7) is 2.66. The fourth-order valence-corrected chi connectivity index (χ4v) is 2.38. The van der Waals surface area contributed by atoms with Gasteiger partial charge in [-0.25, -0.2) is 4.79 Å². The molecule has 2 aromatic carbocycles. The standard InChI is InChI=1S/C21H22N2O6/c1-3-4-12-29-18-10-8-16(9-11-18)20(24)22-19(21(25)28-2)14-15-6-5-7-17(13-15)23(26)27/h5-11,13-14H,3-4,12H2,1-2H3,(H,22,24)/b19-14-. The van der Waals surface area contributed by atoms with Crippen LogP contribution in [-0.4, -0.2) is 30.5 Å². The van der Waals surface area contributed by atoms with Gasteiger partial charge >= 0.3 is 5.97 Å². The highest BCUT2D eigenvalue weighted by Gasteiger charge is 2.16. The van der Waals surface area contributed by atoms with E-state index in [1.165, 1.54) is 31.4 Å². The number of nitrogens with one attached hydrogen (secondary N) is 1. The van der Waals surface area contributed by atoms with Crippen LogP contribution in [0.15, 0.2) is 54.2 Å². The number of unbranched alkanes of at least 4 members (excludes halogenated alkanes) is 1. The molecule has 0 bridgehead atoms. The van der Waals surface area contributed by atoms with Crippen LogP contribution in [-0.2, 0) is 9.53 Å². The number of benzene rings is 2. The van der Waals surface area contributed by atoms with Gasteiger partial charge in [0.25, 0.3) is 11.6 Å². The van der Waals surface area contributed by atoms with Gasteiger partial charge in [0.15, 0.2) is 0 Å². The molecule has 0 aromatic heterocycles. The van der Waals surface area contributed by atoms with Crippen molar-refractivity contribution >= 4 is 23.6 Å². The van der Waals surface area contributed by atoms with Crippen LogP contribution < -0.4 is 10.1 Å². The van der Waals surface area contributed by atoms with Crippen molar-refractivity contribution in [2.45, 2.75) is 19.8 Å². The van der Waals surface area contributed by atoms with Crippen molar-refractivity contribution in [1.29, 1.82) is 0 Å². The van der Waals surface area contributed by atoms with Crippen LogP contribution >= 0.6 is 0 Å². The fourth-order valence-electron chi connectivity index (χ4n) is 2.38. The lowest BCUT2D eigenvalue weighted by atomic mass is 10.1. The van der Waals surface area contributed by atoms with Crippen molar-refractivity contribution in [3.63, 3.8) is 0 Å². The van der Waals surface area contributed by atoms with E-state index in [1.54, 1.807) is 30.3 Å². The molecule has 8 heteroatoms. The Morgan fingerprint density at radius 3 is 2.52 bits per heavy atom. The highest BCUT2D eigenvalue weighted by Crippen LogP contribution is 2.17. The smallest absolute Gasteiger partial charge is 0.354 e. The molecule has 0 radical (unpaired) electrons. The molecule has 0 saturated heterocycles. The number of carbonyl (C=O) groups excluding carboxylic acids is 2. The lowest BCUT2D eigenvalue weighted by Gasteiger charge is -2.09. The third-order valence-corrected chi connectivity index (χ3v) is 3.93. The van der Waals surface area contributed by atoms with Crippen molar-refractivity contribution in [2.24, 2.45) is 0 Å². The molecule has 1 amide bonds. The molecule has 0 aliphatic carbocycles. The molecular weight excluding hydrogens is 376 g/mol. The molecular formula is C21H22N2O6. The molecule has 0 aliphatic heterocycles. The van der Waals surface area contributed by atoms with Gasteiger partial charge in [-0.2, -0.15) is 0 Å². The van der Waals surface area contributed by atoms with Gasteiger partial charge in [0.2, 0.25) is 0 Å². The van der Waals surface area contributed by atoms with Crippen LogP contribution in [0.25, 0.3) is 6.08 Å². The van der Waals surface area contributed by atoms with Gasteiger partial charge in [0.05, 0.1) is 18.6 Å². The van der Waals surface area contributed by atoms with Crippen LogP contribution in [0.3, 0.4) is 0 Å². The van der Waals surface area contributed by atoms with Gasteiger partial charge in [0, 0.05) is 17.7 Å². The Morgan fingerprint density at radius 2 is 1.90 bits per heavy atom. The maximum absolute atomic E-state index is 12.5. The Kier molecular flexibility index (Phi) is 7.90. The zero-order valence-electron chi connectivity index (χ0n) is 16.2. The molecule has 2 rings (SSSR count). The van der Waals surface area contributed by atoms with Gasteiger partial charge in [-0.15, -0.1) is 0 Å². The van der Waals surface area contributed by atoms with Crippen LogP contribution in [0, 0.1) is 10.1 Å². The Labute approximate surface area is 168 Å². The van der Waals surface area contributed by atoms with E-state index in [0.29, 0.717) is 23.5 Å². The van der Waals surface area contributed by atoms with E-state index < -0.39 is 16.8 Å². The predicted molar refractivity (Wildman–Crippen MR) is 107 cm³/mol. The Morgan fingerprint density at radius 1 is 1.17 bits per heavy atom. The number of nitro benzene ring substituents is 1. The molecule has 0 spiro atoms. The summed E-state index contributed by atoms with van der Waals surface area (Å²) in [4.78, 5) is 34.9. The van der Waals surface area contributed by atoms with Crippen molar-refractivity contribution in [3.8, 4) is 5.75 Å². The number of hydrogen-bond donors (Lipinski definition) is 1. The molecule has 29 heavy (non-hydrogen) atoms. The minimum Gasteiger partial charge on any atom is -0.494 e. The number of ether oxygens (including phenoxy) is 2. The van der Waals surface area contributed by atoms with Crippen molar-refractivity contribution < 1.29 is 24.0 Å². The molecule has 2 aromatic rings. The quantitative estimate of drug-likeness (QED) is 0.227. The van der Waals surface area contributed by atoms with Gasteiger partial charge in [-0.3, -0.25) is 14.9 Å². The summed E-state index contributed by atoms with van der Waals surface area (Å²) >= 11 is 0. The summed E-state index contributed by atoms with van der Waals surface area (Å²) < 4.78 is 10.3. The van der Waals surface area contributed by atoms with Gasteiger partial charge in [0.1, 0.15) is 11.4 Å². The SMILES string of the molecule is CCCCOc1ccc(C(=O)N/C(=C\c2cccc([N+](=O)[O-])c2)C(=O)OC)cc1. The summed E-state index contributed by atoms with van der Waals surface area (Å²) in [5.74, 6) is -0.646. The Balaban J connectivity index is 2.17. The van der Waals surface area contributed by atoms with Crippen LogP contribution in [0.2, 0.25) is 0 Å². The average molecular weight is 398 g/mol. The number of non-ortho nitro benzene ring substituents is 1. The first-order chi connectivity index (χ1) is 13.9. The summed E-state index contributed by atoms with van der Waals surface area (Å²) in [6.07, 6.45) is 3.28. The second-order valence-electron chi connectivity index (χ2n) is 6.08. The highest BCUT2D eigenvalue weighted by atomic mass is 16.6. The predicted octanol–water partition coefficient (Wildman–Crippen LogP) is 3.72. The number of amides is 1. The first-order valence-electron chi connectivity index (χ1n) is 9.03. The lowest BCUT2D eigenvalue weighted by molar-refractivity contribution is -0.384. The first-order valence-corrected chi connectivity index (χ1v) is 9.03. The number of esters is 1. The van der Waals surface area contributed by atoms with Crippen LogP contribution in [0.1, 0.15) is 35.7 Å². The number of nitrogens with zero attached hydrogens (tertiary/aromatic N) is 1. The highest BCUT2D eigenvalue weighted by molar-refractivity contribution is 6.03. The van der Waals surface area contributed by atoms with Gasteiger partial charge < -0.3 is 14.8 Å². The average Bonchev–Trinajstić information content (AvgIpc) is 2.73. The number of rotatable bonds is 9. The number of methoxy groups -OCH3 is 1. The summed E-state index contributed by atoms with van der Waals surface area (Å²) in [7, 11) is 1.18. The van der Waals surface area contributed by atoms with E-state index in [4.69, 9.17) is 9.47 Å². The molecule has 0 heterocycles. The lowest BCUT2D eigenvalue weighted by Crippen LogP contribution is -2.28. The van der Waals surface area contributed by atoms with E-state index >= 15 is 0 Å². The van der Waals surface area contributed by atoms with Crippen molar-refractivity contribution in [1.82, 2.24) is 5.32 Å².